The van der Waals surface area contributed by atoms with Gasteiger partial charge in [-0.1, -0.05) is 0 Å². The SMILES string of the molecule is CCOC(=O)CNC(=O)C1CSC(C)(C(C)=O)N1C(C)=O. The summed E-state index contributed by atoms with van der Waals surface area (Å²) in [5, 5.41) is 2.44. The number of carbonyl (C=O) groups excluding carboxylic acids is 4. The first kappa shape index (κ1) is 17.5. The first-order chi connectivity index (χ1) is 9.74. The van der Waals surface area contributed by atoms with Crippen LogP contribution in [-0.2, 0) is 23.9 Å². The Morgan fingerprint density at radius 2 is 1.95 bits per heavy atom. The quantitative estimate of drug-likeness (QED) is 0.714. The molecule has 2 unspecified atom stereocenters. The van der Waals surface area contributed by atoms with E-state index in [1.54, 1.807) is 13.8 Å². The zero-order valence-corrected chi connectivity index (χ0v) is 13.4. The molecule has 1 aliphatic rings. The molecule has 1 saturated heterocycles. The summed E-state index contributed by atoms with van der Waals surface area (Å²) in [5.41, 5.74) is 0. The molecule has 0 aromatic carbocycles. The molecule has 1 fully saturated rings. The zero-order valence-electron chi connectivity index (χ0n) is 12.6. The van der Waals surface area contributed by atoms with E-state index in [4.69, 9.17) is 4.74 Å². The van der Waals surface area contributed by atoms with Crippen molar-refractivity contribution in [3.63, 3.8) is 0 Å². The number of ketones is 1. The van der Waals surface area contributed by atoms with Crippen molar-refractivity contribution in [3.05, 3.63) is 0 Å². The summed E-state index contributed by atoms with van der Waals surface area (Å²) >= 11 is 1.25. The van der Waals surface area contributed by atoms with Crippen LogP contribution in [0.4, 0.5) is 0 Å². The van der Waals surface area contributed by atoms with Gasteiger partial charge in [-0.3, -0.25) is 19.2 Å². The number of nitrogens with one attached hydrogen (secondary N) is 1. The van der Waals surface area contributed by atoms with Crippen molar-refractivity contribution < 1.29 is 23.9 Å². The highest BCUT2D eigenvalue weighted by Crippen LogP contribution is 2.40. The number of amides is 2. The fourth-order valence-electron chi connectivity index (χ4n) is 2.16. The molecular formula is C13H20N2O5S. The van der Waals surface area contributed by atoms with E-state index in [1.165, 1.54) is 30.5 Å². The van der Waals surface area contributed by atoms with E-state index in [1.807, 2.05) is 0 Å². The van der Waals surface area contributed by atoms with Gasteiger partial charge in [0.05, 0.1) is 6.61 Å². The van der Waals surface area contributed by atoms with Gasteiger partial charge in [0, 0.05) is 12.7 Å². The Labute approximate surface area is 127 Å². The van der Waals surface area contributed by atoms with Crippen LogP contribution >= 0.6 is 11.8 Å². The normalized spacial score (nSPS) is 24.6. The molecule has 0 spiro atoms. The van der Waals surface area contributed by atoms with Crippen molar-refractivity contribution in [2.45, 2.75) is 38.6 Å². The molecular weight excluding hydrogens is 296 g/mol. The molecule has 0 saturated carbocycles. The van der Waals surface area contributed by atoms with Gasteiger partial charge in [0.15, 0.2) is 5.78 Å². The molecule has 0 bridgehead atoms. The number of hydrogen-bond donors (Lipinski definition) is 1. The van der Waals surface area contributed by atoms with E-state index in [0.29, 0.717) is 5.75 Å². The highest BCUT2D eigenvalue weighted by molar-refractivity contribution is 8.01. The molecule has 2 atom stereocenters. The van der Waals surface area contributed by atoms with Gasteiger partial charge in [-0.25, -0.2) is 0 Å². The van der Waals surface area contributed by atoms with Crippen LogP contribution in [0, 0.1) is 0 Å². The molecule has 1 heterocycles. The van der Waals surface area contributed by atoms with Crippen molar-refractivity contribution in [1.29, 1.82) is 0 Å². The van der Waals surface area contributed by atoms with E-state index in [2.05, 4.69) is 5.32 Å². The molecule has 1 N–H and O–H groups in total. The maximum atomic E-state index is 12.1. The fraction of sp³-hybridized carbons (Fsp3) is 0.692. The van der Waals surface area contributed by atoms with Crippen molar-refractivity contribution in [3.8, 4) is 0 Å². The van der Waals surface area contributed by atoms with Gasteiger partial charge in [-0.05, 0) is 20.8 Å². The Balaban J connectivity index is 2.78. The van der Waals surface area contributed by atoms with E-state index in [-0.39, 0.29) is 24.8 Å². The third kappa shape index (κ3) is 3.75. The maximum Gasteiger partial charge on any atom is 0.325 e. The summed E-state index contributed by atoms with van der Waals surface area (Å²) in [7, 11) is 0. The second-order valence-corrected chi connectivity index (χ2v) is 6.19. The van der Waals surface area contributed by atoms with E-state index in [0.717, 1.165) is 0 Å². The van der Waals surface area contributed by atoms with Gasteiger partial charge < -0.3 is 15.0 Å². The predicted molar refractivity (Wildman–Crippen MR) is 77.5 cm³/mol. The van der Waals surface area contributed by atoms with Gasteiger partial charge in [0.1, 0.15) is 17.5 Å². The largest absolute Gasteiger partial charge is 0.465 e. The Kier molecular flexibility index (Phi) is 5.77. The average molecular weight is 316 g/mol. The monoisotopic (exact) mass is 316 g/mol. The second-order valence-electron chi connectivity index (χ2n) is 4.78. The van der Waals surface area contributed by atoms with Gasteiger partial charge in [0.25, 0.3) is 0 Å². The third-order valence-corrected chi connectivity index (χ3v) is 4.83. The lowest BCUT2D eigenvalue weighted by Crippen LogP contribution is -2.56. The summed E-state index contributed by atoms with van der Waals surface area (Å²) in [4.78, 5) is 47.2. The van der Waals surface area contributed by atoms with Crippen molar-refractivity contribution in [1.82, 2.24) is 10.2 Å². The highest BCUT2D eigenvalue weighted by atomic mass is 32.2. The summed E-state index contributed by atoms with van der Waals surface area (Å²) in [5.74, 6) is -1.24. The van der Waals surface area contributed by atoms with Gasteiger partial charge in [-0.2, -0.15) is 0 Å². The third-order valence-electron chi connectivity index (χ3n) is 3.30. The van der Waals surface area contributed by atoms with Gasteiger partial charge in [0.2, 0.25) is 11.8 Å². The topological polar surface area (TPSA) is 92.8 Å². The van der Waals surface area contributed by atoms with Crippen molar-refractivity contribution in [2.24, 2.45) is 0 Å². The standard InChI is InChI=1S/C13H20N2O5S/c1-5-20-11(18)6-14-12(19)10-7-21-13(4,8(2)16)15(10)9(3)17/h10H,5-7H2,1-4H3,(H,14,19). The summed E-state index contributed by atoms with van der Waals surface area (Å²) < 4.78 is 4.71. The number of thioether (sulfide) groups is 1. The Morgan fingerprint density at radius 3 is 2.43 bits per heavy atom. The number of carbonyl (C=O) groups is 4. The van der Waals surface area contributed by atoms with Crippen molar-refractivity contribution >= 4 is 35.3 Å². The van der Waals surface area contributed by atoms with Crippen LogP contribution in [0.15, 0.2) is 0 Å². The minimum Gasteiger partial charge on any atom is -0.465 e. The number of Topliss-reactive ketones (excluding diaryl/α,β-unsaturated/α-hetero) is 1. The van der Waals surface area contributed by atoms with E-state index in [9.17, 15) is 19.2 Å². The summed E-state index contributed by atoms with van der Waals surface area (Å²) in [6, 6.07) is -0.768. The lowest BCUT2D eigenvalue weighted by atomic mass is 10.1. The first-order valence-corrected chi connectivity index (χ1v) is 7.60. The summed E-state index contributed by atoms with van der Waals surface area (Å²) in [6.45, 7) is 5.98. The van der Waals surface area contributed by atoms with Crippen molar-refractivity contribution in [2.75, 3.05) is 18.9 Å². The van der Waals surface area contributed by atoms with Gasteiger partial charge >= 0.3 is 5.97 Å². The highest BCUT2D eigenvalue weighted by Gasteiger charge is 2.51. The van der Waals surface area contributed by atoms with E-state index >= 15 is 0 Å². The van der Waals surface area contributed by atoms with E-state index < -0.39 is 22.8 Å². The molecule has 1 rings (SSSR count). The molecule has 0 aromatic heterocycles. The average Bonchev–Trinajstić information content (AvgIpc) is 2.76. The molecule has 8 heteroatoms. The number of nitrogens with zero attached hydrogens (tertiary/aromatic N) is 1. The Bertz CT molecular complexity index is 467. The first-order valence-electron chi connectivity index (χ1n) is 6.62. The Morgan fingerprint density at radius 1 is 1.33 bits per heavy atom. The van der Waals surface area contributed by atoms with Crippen LogP contribution in [-0.4, -0.2) is 58.3 Å². The van der Waals surface area contributed by atoms with Crippen LogP contribution < -0.4 is 5.32 Å². The molecule has 7 nitrogen and oxygen atoms in total. The second kappa shape index (κ2) is 6.93. The molecule has 0 aliphatic carbocycles. The minimum atomic E-state index is -1.04. The van der Waals surface area contributed by atoms with Crippen LogP contribution in [0.25, 0.3) is 0 Å². The number of hydrogen-bond acceptors (Lipinski definition) is 6. The molecule has 0 radical (unpaired) electrons. The smallest absolute Gasteiger partial charge is 0.325 e. The van der Waals surface area contributed by atoms with Crippen LogP contribution in [0.2, 0.25) is 0 Å². The molecule has 2 amide bonds. The van der Waals surface area contributed by atoms with Crippen LogP contribution in [0.1, 0.15) is 27.7 Å². The number of esters is 1. The molecule has 0 aromatic rings. The minimum absolute atomic E-state index is 0.191. The lowest BCUT2D eigenvalue weighted by molar-refractivity contribution is -0.146. The molecule has 1 aliphatic heterocycles. The molecule has 21 heavy (non-hydrogen) atoms. The summed E-state index contributed by atoms with van der Waals surface area (Å²) in [6.07, 6.45) is 0. The Hall–Kier alpha value is -1.57. The van der Waals surface area contributed by atoms with Crippen LogP contribution in [0.3, 0.4) is 0 Å². The maximum absolute atomic E-state index is 12.1. The zero-order chi connectivity index (χ0) is 16.2. The van der Waals surface area contributed by atoms with Gasteiger partial charge in [-0.15, -0.1) is 11.8 Å². The molecule has 118 valence electrons. The lowest BCUT2D eigenvalue weighted by Gasteiger charge is -2.34. The number of ether oxygens (including phenoxy) is 1. The fourth-order valence-corrected chi connectivity index (χ4v) is 3.54. The van der Waals surface area contributed by atoms with Crippen LogP contribution in [0.5, 0.6) is 0 Å². The predicted octanol–water partition coefficient (Wildman–Crippen LogP) is -0.0652. The number of rotatable bonds is 5.